The summed E-state index contributed by atoms with van der Waals surface area (Å²) in [5.41, 5.74) is -0.832. The van der Waals surface area contributed by atoms with Gasteiger partial charge in [0.05, 0.1) is 13.4 Å². The van der Waals surface area contributed by atoms with Crippen molar-refractivity contribution < 1.29 is 18.7 Å². The molecule has 2 aromatic heterocycles. The first-order valence-electron chi connectivity index (χ1n) is 9.81. The minimum Gasteiger partial charge on any atom is -0.468 e. The Labute approximate surface area is 184 Å². The minimum atomic E-state index is -1.50. The molecule has 0 aliphatic rings. The molecular formula is C25H21NO4S. The monoisotopic (exact) mass is 431 g/mol. The molecule has 0 bridgehead atoms. The summed E-state index contributed by atoms with van der Waals surface area (Å²) in [4.78, 5) is 32.3. The highest BCUT2D eigenvalue weighted by atomic mass is 32.2. The fourth-order valence-corrected chi connectivity index (χ4v) is 4.71. The lowest BCUT2D eigenvalue weighted by molar-refractivity contribution is -0.148. The van der Waals surface area contributed by atoms with E-state index in [0.29, 0.717) is 5.69 Å². The van der Waals surface area contributed by atoms with E-state index in [1.165, 1.54) is 25.1 Å². The van der Waals surface area contributed by atoms with Crippen molar-refractivity contribution in [2.75, 3.05) is 12.9 Å². The van der Waals surface area contributed by atoms with Crippen LogP contribution in [0.5, 0.6) is 0 Å². The molecule has 2 aromatic carbocycles. The Balaban J connectivity index is 1.81. The molecule has 1 unspecified atom stereocenters. The molecule has 1 atom stereocenters. The number of furan rings is 1. The molecule has 0 amide bonds. The van der Waals surface area contributed by atoms with Crippen LogP contribution in [0.2, 0.25) is 0 Å². The van der Waals surface area contributed by atoms with Crippen LogP contribution in [0.4, 0.5) is 0 Å². The first-order chi connectivity index (χ1) is 15.1. The van der Waals surface area contributed by atoms with Crippen LogP contribution >= 0.6 is 11.8 Å². The highest BCUT2D eigenvalue weighted by Crippen LogP contribution is 2.37. The number of fused-ring (bicyclic) bond motifs is 1. The summed E-state index contributed by atoms with van der Waals surface area (Å²) >= 11 is 1.43. The number of hydrogen-bond acceptors (Lipinski definition) is 6. The van der Waals surface area contributed by atoms with Gasteiger partial charge in [-0.05, 0) is 35.7 Å². The van der Waals surface area contributed by atoms with Crippen LogP contribution in [0.25, 0.3) is 10.8 Å². The maximum atomic E-state index is 13.7. The Hall–Kier alpha value is -3.38. The molecule has 0 aliphatic heterocycles. The van der Waals surface area contributed by atoms with Crippen molar-refractivity contribution in [2.45, 2.75) is 11.3 Å². The Morgan fingerprint density at radius 2 is 1.77 bits per heavy atom. The quantitative estimate of drug-likeness (QED) is 0.165. The second-order valence-electron chi connectivity index (χ2n) is 7.14. The summed E-state index contributed by atoms with van der Waals surface area (Å²) in [6.45, 7) is 0. The smallest absolute Gasteiger partial charge is 0.321 e. The molecule has 4 aromatic rings. The number of ketones is 1. The second kappa shape index (κ2) is 9.18. The molecule has 4 rings (SSSR count). The number of Topliss-reactive ketones (excluding diaryl/α,β-unsaturated/α-hetero) is 1. The number of methoxy groups -OCH3 is 1. The fraction of sp³-hybridized carbons (Fsp3) is 0.160. The number of aromatic nitrogens is 1. The Bertz CT molecular complexity index is 1190. The van der Waals surface area contributed by atoms with Crippen LogP contribution in [0.3, 0.4) is 0 Å². The number of rotatable bonds is 8. The summed E-state index contributed by atoms with van der Waals surface area (Å²) in [6, 6.07) is 22.6. The molecule has 2 heterocycles. The molecular weight excluding hydrogens is 410 g/mol. The van der Waals surface area contributed by atoms with Crippen molar-refractivity contribution >= 4 is 34.3 Å². The molecule has 5 nitrogen and oxygen atoms in total. The molecule has 156 valence electrons. The lowest BCUT2D eigenvalue weighted by atomic mass is 9.79. The summed E-state index contributed by atoms with van der Waals surface area (Å²) in [6.07, 6.45) is 3.22. The first-order valence-corrected chi connectivity index (χ1v) is 10.8. The van der Waals surface area contributed by atoms with Crippen molar-refractivity contribution in [3.8, 4) is 0 Å². The summed E-state index contributed by atoms with van der Waals surface area (Å²) in [7, 11) is 1.30. The van der Waals surface area contributed by atoms with Gasteiger partial charge in [0.1, 0.15) is 5.41 Å². The maximum absolute atomic E-state index is 13.7. The molecule has 0 aliphatic carbocycles. The van der Waals surface area contributed by atoms with E-state index in [-0.39, 0.29) is 17.9 Å². The zero-order valence-electron chi connectivity index (χ0n) is 17.0. The van der Waals surface area contributed by atoms with Gasteiger partial charge in [0.15, 0.2) is 5.76 Å². The third kappa shape index (κ3) is 4.25. The second-order valence-corrected chi connectivity index (χ2v) is 8.19. The predicted molar refractivity (Wildman–Crippen MR) is 120 cm³/mol. The third-order valence-corrected chi connectivity index (χ3v) is 6.45. The van der Waals surface area contributed by atoms with Gasteiger partial charge in [0.2, 0.25) is 5.78 Å². The molecule has 0 N–H and O–H groups in total. The highest BCUT2D eigenvalue weighted by molar-refractivity contribution is 7.99. The first kappa shape index (κ1) is 20.9. The van der Waals surface area contributed by atoms with E-state index in [0.717, 1.165) is 15.7 Å². The van der Waals surface area contributed by atoms with Crippen LogP contribution in [0.1, 0.15) is 16.2 Å². The number of ether oxygens (including phenoxy) is 1. The topological polar surface area (TPSA) is 69.4 Å². The number of benzene rings is 2. The molecule has 0 radical (unpaired) electrons. The van der Waals surface area contributed by atoms with Gasteiger partial charge in [0, 0.05) is 34.3 Å². The van der Waals surface area contributed by atoms with Gasteiger partial charge in [-0.2, -0.15) is 0 Å². The zero-order chi connectivity index (χ0) is 21.7. The molecule has 0 spiro atoms. The van der Waals surface area contributed by atoms with E-state index in [4.69, 9.17) is 9.15 Å². The normalized spacial score (nSPS) is 12.9. The van der Waals surface area contributed by atoms with Crippen LogP contribution < -0.4 is 0 Å². The van der Waals surface area contributed by atoms with Crippen LogP contribution in [-0.2, 0) is 16.0 Å². The predicted octanol–water partition coefficient (Wildman–Crippen LogP) is 5.20. The Morgan fingerprint density at radius 1 is 1.00 bits per heavy atom. The number of carbonyl (C=O) groups excluding carboxylic acids is 2. The van der Waals surface area contributed by atoms with Gasteiger partial charge in [-0.1, -0.05) is 42.5 Å². The van der Waals surface area contributed by atoms with Crippen LogP contribution in [0.15, 0.2) is 94.6 Å². The van der Waals surface area contributed by atoms with Crippen molar-refractivity contribution in [3.63, 3.8) is 0 Å². The molecule has 0 saturated heterocycles. The number of esters is 1. The number of thioether (sulfide) groups is 1. The van der Waals surface area contributed by atoms with E-state index < -0.39 is 17.2 Å². The number of nitrogens with zero attached hydrogens (tertiary/aromatic N) is 1. The van der Waals surface area contributed by atoms with Gasteiger partial charge >= 0.3 is 5.97 Å². The number of hydrogen-bond donors (Lipinski definition) is 0. The molecule has 0 saturated carbocycles. The Morgan fingerprint density at radius 3 is 2.52 bits per heavy atom. The lowest BCUT2D eigenvalue weighted by Gasteiger charge is -2.28. The van der Waals surface area contributed by atoms with Gasteiger partial charge in [-0.25, -0.2) is 0 Å². The molecule has 0 fully saturated rings. The third-order valence-electron chi connectivity index (χ3n) is 5.21. The molecule has 31 heavy (non-hydrogen) atoms. The number of pyridine rings is 1. The highest BCUT2D eigenvalue weighted by Gasteiger charge is 2.49. The Kier molecular flexibility index (Phi) is 6.18. The van der Waals surface area contributed by atoms with E-state index >= 15 is 0 Å². The van der Waals surface area contributed by atoms with Crippen molar-refractivity contribution in [2.24, 2.45) is 5.41 Å². The summed E-state index contributed by atoms with van der Waals surface area (Å²) in [5, 5.41) is 1.89. The van der Waals surface area contributed by atoms with Gasteiger partial charge in [0.25, 0.3) is 0 Å². The zero-order valence-corrected chi connectivity index (χ0v) is 17.8. The van der Waals surface area contributed by atoms with Crippen LogP contribution in [-0.4, -0.2) is 29.6 Å². The van der Waals surface area contributed by atoms with Gasteiger partial charge < -0.3 is 9.15 Å². The SMILES string of the molecule is COC(=O)C(CSc1ccccc1)(Cc1nccc2ccccc12)C(=O)c1ccco1. The van der Waals surface area contributed by atoms with E-state index in [1.54, 1.807) is 18.3 Å². The van der Waals surface area contributed by atoms with Gasteiger partial charge in [-0.3, -0.25) is 14.6 Å². The van der Waals surface area contributed by atoms with Crippen molar-refractivity contribution in [3.05, 3.63) is 96.7 Å². The summed E-state index contributed by atoms with van der Waals surface area (Å²) < 4.78 is 10.6. The number of carbonyl (C=O) groups is 2. The van der Waals surface area contributed by atoms with Crippen molar-refractivity contribution in [1.82, 2.24) is 4.98 Å². The van der Waals surface area contributed by atoms with E-state index in [9.17, 15) is 9.59 Å². The average Bonchev–Trinajstić information content (AvgIpc) is 3.36. The largest absolute Gasteiger partial charge is 0.468 e. The lowest BCUT2D eigenvalue weighted by Crippen LogP contribution is -2.45. The average molecular weight is 432 g/mol. The fourth-order valence-electron chi connectivity index (χ4n) is 3.59. The standard InChI is InChI=1S/C25H21NO4S/c1-29-24(28)25(23(27)22-12-7-15-30-22,17-31-19-9-3-2-4-10-19)16-21-20-11-6-5-8-18(20)13-14-26-21/h2-15H,16-17H2,1H3. The summed E-state index contributed by atoms with van der Waals surface area (Å²) in [5.74, 6) is -0.706. The van der Waals surface area contributed by atoms with E-state index in [2.05, 4.69) is 4.98 Å². The maximum Gasteiger partial charge on any atom is 0.321 e. The van der Waals surface area contributed by atoms with Crippen molar-refractivity contribution in [1.29, 1.82) is 0 Å². The molecule has 6 heteroatoms. The van der Waals surface area contributed by atoms with E-state index in [1.807, 2.05) is 60.7 Å². The van der Waals surface area contributed by atoms with Gasteiger partial charge in [-0.15, -0.1) is 11.8 Å². The minimum absolute atomic E-state index is 0.0976. The van der Waals surface area contributed by atoms with Crippen LogP contribution in [0, 0.1) is 5.41 Å².